The first kappa shape index (κ1) is 26.3. The van der Waals surface area contributed by atoms with Crippen LogP contribution in [0.3, 0.4) is 0 Å². The highest BCUT2D eigenvalue weighted by atomic mass is 32.2. The van der Waals surface area contributed by atoms with Gasteiger partial charge in [0.1, 0.15) is 0 Å². The number of carbonyl (C=O) groups excluding carboxylic acids is 2. The van der Waals surface area contributed by atoms with Gasteiger partial charge >= 0.3 is 0 Å². The summed E-state index contributed by atoms with van der Waals surface area (Å²) in [6, 6.07) is 17.0. The van der Waals surface area contributed by atoms with Crippen molar-refractivity contribution in [1.82, 2.24) is 15.2 Å². The van der Waals surface area contributed by atoms with Crippen LogP contribution in [-0.2, 0) is 10.5 Å². The molecule has 3 heterocycles. The van der Waals surface area contributed by atoms with Crippen molar-refractivity contribution in [2.75, 3.05) is 4.90 Å². The van der Waals surface area contributed by atoms with Crippen molar-refractivity contribution in [3.8, 4) is 0 Å². The fourth-order valence-electron chi connectivity index (χ4n) is 4.35. The van der Waals surface area contributed by atoms with E-state index in [0.29, 0.717) is 37.3 Å². The minimum absolute atomic E-state index is 0.0349. The van der Waals surface area contributed by atoms with E-state index in [1.54, 1.807) is 6.92 Å². The molecule has 1 unspecified atom stereocenters. The van der Waals surface area contributed by atoms with Gasteiger partial charge in [0.2, 0.25) is 10.9 Å². The second-order valence-electron chi connectivity index (χ2n) is 9.26. The largest absolute Gasteiger partial charge is 0.503 e. The Morgan fingerprint density at radius 3 is 2.39 bits per heavy atom. The van der Waals surface area contributed by atoms with Crippen LogP contribution < -0.4 is 4.90 Å². The molecular formula is C28H26N4O3S3. The normalized spacial score (nSPS) is 15.7. The number of thiazole rings is 1. The maximum atomic E-state index is 13.8. The van der Waals surface area contributed by atoms with E-state index in [1.165, 1.54) is 39.3 Å². The fourth-order valence-corrected chi connectivity index (χ4v) is 7.05. The van der Waals surface area contributed by atoms with Crippen LogP contribution in [0.1, 0.15) is 62.9 Å². The number of amides is 1. The molecule has 0 saturated carbocycles. The molecule has 0 radical (unpaired) electrons. The number of aromatic nitrogens is 3. The Labute approximate surface area is 233 Å². The summed E-state index contributed by atoms with van der Waals surface area (Å²) in [5.74, 6) is -0.595. The number of ketones is 1. The summed E-state index contributed by atoms with van der Waals surface area (Å²) >= 11 is 4.05. The van der Waals surface area contributed by atoms with E-state index in [9.17, 15) is 14.7 Å². The second-order valence-corrected chi connectivity index (χ2v) is 12.6. The molecule has 0 fully saturated rings. The SMILES string of the molecule is Cc1nc(C)c(C(=O)C2=C(O)C(=O)N(c3nnc(SCc4ccccc4)s3)C2c2ccc(C(C)C)cc2)s1. The van der Waals surface area contributed by atoms with Gasteiger partial charge in [0.25, 0.3) is 5.91 Å². The number of rotatable bonds is 8. The summed E-state index contributed by atoms with van der Waals surface area (Å²) in [4.78, 5) is 33.4. The lowest BCUT2D eigenvalue weighted by molar-refractivity contribution is -0.117. The van der Waals surface area contributed by atoms with Gasteiger partial charge in [-0.25, -0.2) is 4.98 Å². The lowest BCUT2D eigenvalue weighted by Gasteiger charge is -2.24. The fraction of sp³-hybridized carbons (Fsp3) is 0.250. The van der Waals surface area contributed by atoms with Gasteiger partial charge in [-0.1, -0.05) is 91.5 Å². The highest BCUT2D eigenvalue weighted by molar-refractivity contribution is 8.00. The van der Waals surface area contributed by atoms with E-state index in [4.69, 9.17) is 0 Å². The van der Waals surface area contributed by atoms with Crippen molar-refractivity contribution >= 4 is 51.3 Å². The summed E-state index contributed by atoms with van der Waals surface area (Å²) in [7, 11) is 0. The number of anilines is 1. The first-order chi connectivity index (χ1) is 18.2. The van der Waals surface area contributed by atoms with Crippen LogP contribution >= 0.6 is 34.4 Å². The Kier molecular flexibility index (Phi) is 7.47. The molecular weight excluding hydrogens is 537 g/mol. The zero-order valence-electron chi connectivity index (χ0n) is 21.3. The zero-order valence-corrected chi connectivity index (χ0v) is 23.8. The average molecular weight is 563 g/mol. The Morgan fingerprint density at radius 1 is 1.05 bits per heavy atom. The number of aliphatic hydroxyl groups excluding tert-OH is 1. The lowest BCUT2D eigenvalue weighted by atomic mass is 9.93. The number of thioether (sulfide) groups is 1. The molecule has 1 amide bonds. The van der Waals surface area contributed by atoms with E-state index in [1.807, 2.05) is 61.5 Å². The zero-order chi connectivity index (χ0) is 27.0. The first-order valence-electron chi connectivity index (χ1n) is 12.1. The Balaban J connectivity index is 1.53. The molecule has 1 aliphatic heterocycles. The Morgan fingerprint density at radius 2 is 1.76 bits per heavy atom. The van der Waals surface area contributed by atoms with Crippen molar-refractivity contribution < 1.29 is 14.7 Å². The number of carbonyl (C=O) groups is 2. The van der Waals surface area contributed by atoms with Crippen LogP contribution in [0.2, 0.25) is 0 Å². The van der Waals surface area contributed by atoms with Crippen LogP contribution in [-0.4, -0.2) is 32.0 Å². The molecule has 5 rings (SSSR count). The third-order valence-electron chi connectivity index (χ3n) is 6.29. The number of hydrogen-bond donors (Lipinski definition) is 1. The van der Waals surface area contributed by atoms with Crippen molar-refractivity contribution in [1.29, 1.82) is 0 Å². The smallest absolute Gasteiger partial charge is 0.296 e. The van der Waals surface area contributed by atoms with Crippen molar-refractivity contribution in [3.63, 3.8) is 0 Å². The lowest BCUT2D eigenvalue weighted by Crippen LogP contribution is -2.31. The number of hydrogen-bond acceptors (Lipinski definition) is 9. The molecule has 4 aromatic rings. The Hall–Kier alpha value is -3.34. The average Bonchev–Trinajstić information content (AvgIpc) is 3.59. The molecule has 1 atom stereocenters. The number of nitrogens with zero attached hydrogens (tertiary/aromatic N) is 4. The molecule has 10 heteroatoms. The standard InChI is InChI=1S/C28H26N4O3S3/c1-15(2)19-10-12-20(13-11-19)22-21(23(33)25-16(3)29-17(4)37-25)24(34)26(35)32(22)27-30-31-28(38-27)36-14-18-8-6-5-7-9-18/h5-13,15,22,34H,14H2,1-4H3. The highest BCUT2D eigenvalue weighted by Gasteiger charge is 2.46. The van der Waals surface area contributed by atoms with E-state index in [2.05, 4.69) is 29.0 Å². The van der Waals surface area contributed by atoms with Crippen LogP contribution in [0, 0.1) is 13.8 Å². The predicted molar refractivity (Wildman–Crippen MR) is 152 cm³/mol. The monoisotopic (exact) mass is 562 g/mol. The summed E-state index contributed by atoms with van der Waals surface area (Å²) in [6.07, 6.45) is 0. The molecule has 2 aromatic heterocycles. The summed E-state index contributed by atoms with van der Waals surface area (Å²) in [5.41, 5.74) is 3.61. The van der Waals surface area contributed by atoms with Gasteiger partial charge in [-0.15, -0.1) is 21.5 Å². The minimum atomic E-state index is -0.835. The quantitative estimate of drug-likeness (QED) is 0.143. The molecule has 1 aliphatic rings. The summed E-state index contributed by atoms with van der Waals surface area (Å²) < 4.78 is 0.693. The molecule has 38 heavy (non-hydrogen) atoms. The van der Waals surface area contributed by atoms with Crippen LogP contribution in [0.5, 0.6) is 0 Å². The van der Waals surface area contributed by atoms with Crippen LogP contribution in [0.15, 0.2) is 70.3 Å². The van der Waals surface area contributed by atoms with E-state index in [-0.39, 0.29) is 5.57 Å². The number of aliphatic hydroxyl groups is 1. The van der Waals surface area contributed by atoms with Gasteiger partial charge < -0.3 is 5.11 Å². The van der Waals surface area contributed by atoms with E-state index < -0.39 is 23.5 Å². The van der Waals surface area contributed by atoms with Gasteiger partial charge in [0.05, 0.1) is 27.2 Å². The topological polar surface area (TPSA) is 96.3 Å². The molecule has 0 aliphatic carbocycles. The first-order valence-corrected chi connectivity index (χ1v) is 14.7. The third kappa shape index (κ3) is 5.03. The van der Waals surface area contributed by atoms with Crippen LogP contribution in [0.4, 0.5) is 5.13 Å². The number of benzene rings is 2. The van der Waals surface area contributed by atoms with Crippen molar-refractivity contribution in [2.45, 2.75) is 49.7 Å². The van der Waals surface area contributed by atoms with E-state index in [0.717, 1.165) is 16.1 Å². The minimum Gasteiger partial charge on any atom is -0.503 e. The van der Waals surface area contributed by atoms with Crippen molar-refractivity contribution in [2.24, 2.45) is 0 Å². The van der Waals surface area contributed by atoms with Gasteiger partial charge in [-0.2, -0.15) is 0 Å². The Bertz CT molecular complexity index is 1520. The molecule has 0 bridgehead atoms. The summed E-state index contributed by atoms with van der Waals surface area (Å²) in [5, 5.41) is 20.7. The molecule has 194 valence electrons. The second kappa shape index (κ2) is 10.8. The van der Waals surface area contributed by atoms with Gasteiger partial charge in [0.15, 0.2) is 10.1 Å². The van der Waals surface area contributed by atoms with Gasteiger partial charge in [-0.3, -0.25) is 14.5 Å². The van der Waals surface area contributed by atoms with Gasteiger partial charge in [-0.05, 0) is 36.5 Å². The van der Waals surface area contributed by atoms with Gasteiger partial charge in [0, 0.05) is 5.75 Å². The highest BCUT2D eigenvalue weighted by Crippen LogP contribution is 2.44. The summed E-state index contributed by atoms with van der Waals surface area (Å²) in [6.45, 7) is 7.79. The van der Waals surface area contributed by atoms with Crippen molar-refractivity contribution in [3.05, 3.63) is 98.2 Å². The third-order valence-corrected chi connectivity index (χ3v) is 9.49. The molecule has 2 aromatic carbocycles. The maximum Gasteiger partial charge on any atom is 0.296 e. The molecule has 7 nitrogen and oxygen atoms in total. The molecule has 1 N–H and O–H groups in total. The molecule has 0 spiro atoms. The molecule has 0 saturated heterocycles. The number of Topliss-reactive ketones (excluding diaryl/α,β-unsaturated/α-hetero) is 1. The maximum absolute atomic E-state index is 13.8. The van der Waals surface area contributed by atoms with Crippen LogP contribution in [0.25, 0.3) is 0 Å². The number of aryl methyl sites for hydroxylation is 2. The van der Waals surface area contributed by atoms with E-state index >= 15 is 0 Å². The predicted octanol–water partition coefficient (Wildman–Crippen LogP) is 6.81.